The van der Waals surface area contributed by atoms with Crippen molar-refractivity contribution in [2.75, 3.05) is 11.9 Å². The molecule has 6 heteroatoms. The first-order chi connectivity index (χ1) is 8.57. The summed E-state index contributed by atoms with van der Waals surface area (Å²) >= 11 is 3.19. The van der Waals surface area contributed by atoms with Gasteiger partial charge in [-0.05, 0) is 44.0 Å². The summed E-state index contributed by atoms with van der Waals surface area (Å²) in [6, 6.07) is 4.62. The Balaban J connectivity index is 0.00000180. The van der Waals surface area contributed by atoms with Crippen molar-refractivity contribution < 1.29 is 9.18 Å². The zero-order chi connectivity index (χ0) is 13.2. The number of benzene rings is 1. The molecule has 0 radical (unpaired) electrons. The first kappa shape index (κ1) is 16.4. The maximum atomic E-state index is 13.7. The Labute approximate surface area is 126 Å². The fraction of sp³-hybridized carbons (Fsp3) is 0.462. The van der Waals surface area contributed by atoms with E-state index in [4.69, 9.17) is 0 Å². The third-order valence-corrected chi connectivity index (χ3v) is 3.95. The molecule has 0 aliphatic carbocycles. The molecule has 1 aromatic rings. The molecule has 19 heavy (non-hydrogen) atoms. The molecule has 1 aliphatic heterocycles. The van der Waals surface area contributed by atoms with Gasteiger partial charge in [0.1, 0.15) is 5.82 Å². The fourth-order valence-electron chi connectivity index (χ4n) is 2.30. The van der Waals surface area contributed by atoms with Crippen LogP contribution >= 0.6 is 28.3 Å². The first-order valence-corrected chi connectivity index (χ1v) is 6.88. The van der Waals surface area contributed by atoms with Crippen LogP contribution in [-0.4, -0.2) is 18.0 Å². The van der Waals surface area contributed by atoms with Gasteiger partial charge in [0.05, 0.1) is 11.2 Å². The Morgan fingerprint density at radius 1 is 1.58 bits per heavy atom. The van der Waals surface area contributed by atoms with Crippen LogP contribution in [0.4, 0.5) is 10.1 Å². The SMILES string of the molecule is CCC1(C(=O)Nc2ccc(Br)cc2F)CCCN1.Cl. The number of carbonyl (C=O) groups is 1. The van der Waals surface area contributed by atoms with E-state index in [1.807, 2.05) is 6.92 Å². The van der Waals surface area contributed by atoms with Crippen LogP contribution in [0, 0.1) is 5.82 Å². The predicted octanol–water partition coefficient (Wildman–Crippen LogP) is 3.48. The standard InChI is InChI=1S/C13H16BrFN2O.ClH/c1-2-13(6-3-7-16-13)12(18)17-11-5-4-9(14)8-10(11)15;/h4-5,8,16H,2-3,6-7H2,1H3,(H,17,18);1H. The minimum absolute atomic E-state index is 0. The molecule has 0 aromatic heterocycles. The van der Waals surface area contributed by atoms with Crippen molar-refractivity contribution in [1.29, 1.82) is 0 Å². The van der Waals surface area contributed by atoms with Crippen LogP contribution < -0.4 is 10.6 Å². The predicted molar refractivity (Wildman–Crippen MR) is 80.2 cm³/mol. The summed E-state index contributed by atoms with van der Waals surface area (Å²) in [5.41, 5.74) is -0.316. The normalized spacial score (nSPS) is 21.8. The molecule has 1 fully saturated rings. The average Bonchev–Trinajstić information content (AvgIpc) is 2.82. The second kappa shape index (κ2) is 6.68. The van der Waals surface area contributed by atoms with Crippen molar-refractivity contribution in [3.05, 3.63) is 28.5 Å². The molecule has 0 saturated carbocycles. The molecular formula is C13H17BrClFN2O. The van der Waals surface area contributed by atoms with Crippen molar-refractivity contribution >= 4 is 39.9 Å². The van der Waals surface area contributed by atoms with Crippen molar-refractivity contribution in [1.82, 2.24) is 5.32 Å². The Hall–Kier alpha value is -0.650. The van der Waals surface area contributed by atoms with Crippen LogP contribution in [0.15, 0.2) is 22.7 Å². The van der Waals surface area contributed by atoms with Crippen LogP contribution in [0.1, 0.15) is 26.2 Å². The smallest absolute Gasteiger partial charge is 0.244 e. The van der Waals surface area contributed by atoms with E-state index in [1.54, 1.807) is 12.1 Å². The number of nitrogens with one attached hydrogen (secondary N) is 2. The molecule has 1 aliphatic rings. The second-order valence-corrected chi connectivity index (χ2v) is 5.46. The summed E-state index contributed by atoms with van der Waals surface area (Å²) < 4.78 is 14.3. The van der Waals surface area contributed by atoms with Gasteiger partial charge in [0.25, 0.3) is 0 Å². The molecule has 2 N–H and O–H groups in total. The maximum absolute atomic E-state index is 13.7. The summed E-state index contributed by atoms with van der Waals surface area (Å²) in [4.78, 5) is 12.3. The number of carbonyl (C=O) groups excluding carboxylic acids is 1. The first-order valence-electron chi connectivity index (χ1n) is 6.09. The van der Waals surface area contributed by atoms with E-state index >= 15 is 0 Å². The summed E-state index contributed by atoms with van der Waals surface area (Å²) in [5, 5.41) is 5.90. The van der Waals surface area contributed by atoms with Gasteiger partial charge >= 0.3 is 0 Å². The average molecular weight is 352 g/mol. The quantitative estimate of drug-likeness (QED) is 0.875. The molecule has 1 aromatic carbocycles. The molecule has 0 spiro atoms. The number of halogens is 3. The van der Waals surface area contributed by atoms with E-state index < -0.39 is 11.4 Å². The van der Waals surface area contributed by atoms with E-state index in [-0.39, 0.29) is 24.0 Å². The molecule has 2 rings (SSSR count). The molecule has 3 nitrogen and oxygen atoms in total. The van der Waals surface area contributed by atoms with Crippen molar-refractivity contribution in [3.8, 4) is 0 Å². The summed E-state index contributed by atoms with van der Waals surface area (Å²) in [7, 11) is 0. The van der Waals surface area contributed by atoms with Crippen LogP contribution in [0.25, 0.3) is 0 Å². The second-order valence-electron chi connectivity index (χ2n) is 4.54. The summed E-state index contributed by atoms with van der Waals surface area (Å²) in [5.74, 6) is -0.578. The zero-order valence-corrected chi connectivity index (χ0v) is 13.0. The lowest BCUT2D eigenvalue weighted by atomic mass is 9.93. The lowest BCUT2D eigenvalue weighted by Gasteiger charge is -2.26. The molecule has 1 saturated heterocycles. The maximum Gasteiger partial charge on any atom is 0.244 e. The number of anilines is 1. The van der Waals surface area contributed by atoms with Gasteiger partial charge in [0, 0.05) is 4.47 Å². The molecule has 1 unspecified atom stereocenters. The lowest BCUT2D eigenvalue weighted by molar-refractivity contribution is -0.122. The third-order valence-electron chi connectivity index (χ3n) is 3.46. The minimum atomic E-state index is -0.542. The van der Waals surface area contributed by atoms with Crippen molar-refractivity contribution in [2.45, 2.75) is 31.7 Å². The van der Waals surface area contributed by atoms with E-state index in [2.05, 4.69) is 26.6 Å². The van der Waals surface area contributed by atoms with Gasteiger partial charge in [-0.25, -0.2) is 4.39 Å². The van der Waals surface area contributed by atoms with Gasteiger partial charge < -0.3 is 10.6 Å². The van der Waals surface area contributed by atoms with Gasteiger partial charge in [-0.2, -0.15) is 0 Å². The molecule has 1 atom stereocenters. The number of amides is 1. The number of hydrogen-bond acceptors (Lipinski definition) is 2. The molecule has 1 heterocycles. The molecular weight excluding hydrogens is 335 g/mol. The molecule has 106 valence electrons. The van der Waals surface area contributed by atoms with E-state index in [9.17, 15) is 9.18 Å². The Bertz CT molecular complexity index is 464. The highest BCUT2D eigenvalue weighted by molar-refractivity contribution is 9.10. The van der Waals surface area contributed by atoms with Gasteiger partial charge in [0.15, 0.2) is 0 Å². The van der Waals surface area contributed by atoms with Gasteiger partial charge in [-0.15, -0.1) is 12.4 Å². The van der Waals surface area contributed by atoms with Crippen LogP contribution in [-0.2, 0) is 4.79 Å². The highest BCUT2D eigenvalue weighted by Crippen LogP contribution is 2.26. The van der Waals surface area contributed by atoms with E-state index in [0.717, 1.165) is 19.4 Å². The highest BCUT2D eigenvalue weighted by atomic mass is 79.9. The van der Waals surface area contributed by atoms with Crippen molar-refractivity contribution in [2.24, 2.45) is 0 Å². The van der Waals surface area contributed by atoms with E-state index in [1.165, 1.54) is 6.07 Å². The number of hydrogen-bond donors (Lipinski definition) is 2. The van der Waals surface area contributed by atoms with Gasteiger partial charge in [-0.1, -0.05) is 22.9 Å². The van der Waals surface area contributed by atoms with E-state index in [0.29, 0.717) is 10.9 Å². The Kier molecular flexibility index (Phi) is 5.77. The third kappa shape index (κ3) is 3.46. The van der Waals surface area contributed by atoms with Crippen molar-refractivity contribution in [3.63, 3.8) is 0 Å². The Morgan fingerprint density at radius 3 is 2.84 bits per heavy atom. The van der Waals surface area contributed by atoms with Gasteiger partial charge in [0.2, 0.25) is 5.91 Å². The lowest BCUT2D eigenvalue weighted by Crippen LogP contribution is -2.50. The fourth-order valence-corrected chi connectivity index (χ4v) is 2.63. The largest absolute Gasteiger partial charge is 0.322 e. The Morgan fingerprint density at radius 2 is 2.32 bits per heavy atom. The summed E-state index contributed by atoms with van der Waals surface area (Å²) in [6.07, 6.45) is 2.48. The molecule has 0 bridgehead atoms. The highest BCUT2D eigenvalue weighted by Gasteiger charge is 2.39. The van der Waals surface area contributed by atoms with Gasteiger partial charge in [-0.3, -0.25) is 4.79 Å². The van der Waals surface area contributed by atoms with Crippen LogP contribution in [0.5, 0.6) is 0 Å². The van der Waals surface area contributed by atoms with Crippen LogP contribution in [0.3, 0.4) is 0 Å². The zero-order valence-electron chi connectivity index (χ0n) is 10.6. The number of rotatable bonds is 3. The topological polar surface area (TPSA) is 41.1 Å². The molecule has 1 amide bonds. The summed E-state index contributed by atoms with van der Waals surface area (Å²) in [6.45, 7) is 2.81. The minimum Gasteiger partial charge on any atom is -0.322 e. The van der Waals surface area contributed by atoms with Crippen LogP contribution in [0.2, 0.25) is 0 Å². The monoisotopic (exact) mass is 350 g/mol.